The van der Waals surface area contributed by atoms with Crippen molar-refractivity contribution in [2.75, 3.05) is 0 Å². The molecule has 0 bridgehead atoms. The van der Waals surface area contributed by atoms with Crippen LogP contribution < -0.4 is 5.43 Å². The summed E-state index contributed by atoms with van der Waals surface area (Å²) < 4.78 is 5.39. The van der Waals surface area contributed by atoms with Gasteiger partial charge < -0.3 is 9.52 Å². The zero-order valence-electron chi connectivity index (χ0n) is 10.6. The van der Waals surface area contributed by atoms with Gasteiger partial charge in [0, 0.05) is 12.5 Å². The first-order valence-electron chi connectivity index (χ1n) is 5.96. The molecular weight excluding hydrogens is 244 g/mol. The van der Waals surface area contributed by atoms with Crippen LogP contribution >= 0.6 is 0 Å². The van der Waals surface area contributed by atoms with Crippen molar-refractivity contribution >= 4 is 16.8 Å². The van der Waals surface area contributed by atoms with Gasteiger partial charge in [0.15, 0.2) is 11.2 Å². The zero-order chi connectivity index (χ0) is 13.8. The number of benzene rings is 1. The summed E-state index contributed by atoms with van der Waals surface area (Å²) in [5, 5.41) is 9.41. The maximum Gasteiger partial charge on any atom is 0.193 e. The van der Waals surface area contributed by atoms with Crippen LogP contribution in [0, 0.1) is 0 Å². The Kier molecular flexibility index (Phi) is 3.92. The standard InChI is InChI=1S/C15H14O4/c1-2-4-11(17)7-10-5-3-6-14-15(10)13(18)8-12(9-16)19-14/h2-6,8,16H,7,9H2,1H3/b4-2+. The van der Waals surface area contributed by atoms with Gasteiger partial charge >= 0.3 is 0 Å². The van der Waals surface area contributed by atoms with Gasteiger partial charge in [-0.25, -0.2) is 0 Å². The van der Waals surface area contributed by atoms with Crippen LogP contribution in [0.5, 0.6) is 0 Å². The van der Waals surface area contributed by atoms with E-state index in [0.717, 1.165) is 0 Å². The van der Waals surface area contributed by atoms with Crippen LogP contribution in [-0.2, 0) is 17.8 Å². The average molecular weight is 258 g/mol. The van der Waals surface area contributed by atoms with E-state index in [-0.39, 0.29) is 30.0 Å². The van der Waals surface area contributed by atoms with Crippen molar-refractivity contribution in [3.8, 4) is 0 Å². The summed E-state index contributed by atoms with van der Waals surface area (Å²) in [6.45, 7) is 1.44. The van der Waals surface area contributed by atoms with E-state index in [9.17, 15) is 9.59 Å². The number of aliphatic hydroxyl groups is 1. The molecule has 0 aliphatic rings. The molecule has 0 fully saturated rings. The Morgan fingerprint density at radius 1 is 1.42 bits per heavy atom. The Labute approximate surface area is 110 Å². The molecule has 2 rings (SSSR count). The molecule has 1 aromatic carbocycles. The number of hydrogen-bond donors (Lipinski definition) is 1. The quantitative estimate of drug-likeness (QED) is 0.851. The van der Waals surface area contributed by atoms with Crippen molar-refractivity contribution in [3.63, 3.8) is 0 Å². The zero-order valence-corrected chi connectivity index (χ0v) is 10.6. The van der Waals surface area contributed by atoms with E-state index in [2.05, 4.69) is 0 Å². The van der Waals surface area contributed by atoms with E-state index in [4.69, 9.17) is 9.52 Å². The summed E-state index contributed by atoms with van der Waals surface area (Å²) in [6.07, 6.45) is 3.30. The number of carbonyl (C=O) groups excluding carboxylic acids is 1. The van der Waals surface area contributed by atoms with Crippen LogP contribution in [0.4, 0.5) is 0 Å². The number of hydrogen-bond acceptors (Lipinski definition) is 4. The Bertz CT molecular complexity index is 695. The van der Waals surface area contributed by atoms with Gasteiger partial charge in [-0.2, -0.15) is 0 Å². The van der Waals surface area contributed by atoms with Crippen LogP contribution in [0.25, 0.3) is 11.0 Å². The number of fused-ring (bicyclic) bond motifs is 1. The smallest absolute Gasteiger partial charge is 0.193 e. The van der Waals surface area contributed by atoms with Gasteiger partial charge in [-0.1, -0.05) is 18.2 Å². The molecule has 1 N–H and O–H groups in total. The summed E-state index contributed by atoms with van der Waals surface area (Å²) in [5.41, 5.74) is 0.787. The first kappa shape index (κ1) is 13.2. The molecule has 0 aliphatic carbocycles. The van der Waals surface area contributed by atoms with Gasteiger partial charge in [-0.05, 0) is 24.6 Å². The van der Waals surface area contributed by atoms with Crippen molar-refractivity contribution in [2.45, 2.75) is 20.0 Å². The average Bonchev–Trinajstić information content (AvgIpc) is 2.38. The van der Waals surface area contributed by atoms with Gasteiger partial charge in [0.2, 0.25) is 0 Å². The van der Waals surface area contributed by atoms with Gasteiger partial charge in [-0.15, -0.1) is 0 Å². The minimum Gasteiger partial charge on any atom is -0.458 e. The summed E-state index contributed by atoms with van der Waals surface area (Å²) in [4.78, 5) is 23.6. The van der Waals surface area contributed by atoms with E-state index in [0.29, 0.717) is 16.5 Å². The third-order valence-electron chi connectivity index (χ3n) is 2.77. The second-order valence-corrected chi connectivity index (χ2v) is 4.17. The minimum atomic E-state index is -0.326. The molecule has 19 heavy (non-hydrogen) atoms. The summed E-state index contributed by atoms with van der Waals surface area (Å²) in [5.74, 6) is 0.148. The summed E-state index contributed by atoms with van der Waals surface area (Å²) in [6, 6.07) is 6.37. The second-order valence-electron chi connectivity index (χ2n) is 4.17. The van der Waals surface area contributed by atoms with Crippen molar-refractivity contribution in [2.24, 2.45) is 0 Å². The van der Waals surface area contributed by atoms with E-state index in [1.165, 1.54) is 12.1 Å². The third kappa shape index (κ3) is 2.80. The molecule has 0 spiro atoms. The Hall–Kier alpha value is -2.20. The molecule has 4 nitrogen and oxygen atoms in total. The highest BCUT2D eigenvalue weighted by atomic mass is 16.4. The molecule has 0 amide bonds. The monoisotopic (exact) mass is 258 g/mol. The van der Waals surface area contributed by atoms with E-state index >= 15 is 0 Å². The van der Waals surface area contributed by atoms with Crippen LogP contribution in [0.2, 0.25) is 0 Å². The third-order valence-corrected chi connectivity index (χ3v) is 2.77. The van der Waals surface area contributed by atoms with Gasteiger partial charge in [0.25, 0.3) is 0 Å². The van der Waals surface area contributed by atoms with E-state index in [1.807, 2.05) is 0 Å². The Balaban J connectivity index is 2.57. The number of allylic oxidation sites excluding steroid dienone is 2. The molecule has 0 atom stereocenters. The SMILES string of the molecule is C/C=C/C(=O)Cc1cccc2oc(CO)cc(=O)c12. The maximum absolute atomic E-state index is 12.0. The lowest BCUT2D eigenvalue weighted by Gasteiger charge is -2.05. The lowest BCUT2D eigenvalue weighted by Crippen LogP contribution is -2.08. The topological polar surface area (TPSA) is 67.5 Å². The molecule has 2 aromatic rings. The molecular formula is C15H14O4. The van der Waals surface area contributed by atoms with Gasteiger partial charge in [0.1, 0.15) is 18.0 Å². The fourth-order valence-electron chi connectivity index (χ4n) is 1.99. The van der Waals surface area contributed by atoms with Gasteiger partial charge in [-0.3, -0.25) is 9.59 Å². The van der Waals surface area contributed by atoms with E-state index in [1.54, 1.807) is 31.2 Å². The molecule has 0 unspecified atom stereocenters. The van der Waals surface area contributed by atoms with Crippen LogP contribution in [0.3, 0.4) is 0 Å². The fourth-order valence-corrected chi connectivity index (χ4v) is 1.99. The first-order valence-corrected chi connectivity index (χ1v) is 5.96. The molecule has 1 heterocycles. The van der Waals surface area contributed by atoms with Crippen LogP contribution in [0.15, 0.2) is 45.6 Å². The largest absolute Gasteiger partial charge is 0.458 e. The van der Waals surface area contributed by atoms with Gasteiger partial charge in [0.05, 0.1) is 5.39 Å². The lowest BCUT2D eigenvalue weighted by molar-refractivity contribution is -0.114. The highest BCUT2D eigenvalue weighted by Gasteiger charge is 2.10. The number of rotatable bonds is 4. The highest BCUT2D eigenvalue weighted by molar-refractivity contribution is 5.94. The summed E-state index contributed by atoms with van der Waals surface area (Å²) in [7, 11) is 0. The maximum atomic E-state index is 12.0. The molecule has 0 radical (unpaired) electrons. The first-order chi connectivity index (χ1) is 9.15. The number of carbonyl (C=O) groups is 1. The minimum absolute atomic E-state index is 0.0689. The Morgan fingerprint density at radius 3 is 2.89 bits per heavy atom. The van der Waals surface area contributed by atoms with Crippen molar-refractivity contribution < 1.29 is 14.3 Å². The van der Waals surface area contributed by atoms with Crippen LogP contribution in [-0.4, -0.2) is 10.9 Å². The molecule has 1 aromatic heterocycles. The van der Waals surface area contributed by atoms with Crippen LogP contribution in [0.1, 0.15) is 18.2 Å². The molecule has 4 heteroatoms. The number of aliphatic hydroxyl groups excluding tert-OH is 1. The van der Waals surface area contributed by atoms with Crippen molar-refractivity contribution in [1.29, 1.82) is 0 Å². The fraction of sp³-hybridized carbons (Fsp3) is 0.200. The van der Waals surface area contributed by atoms with Crippen molar-refractivity contribution in [3.05, 3.63) is 58.0 Å². The predicted molar refractivity (Wildman–Crippen MR) is 71.9 cm³/mol. The van der Waals surface area contributed by atoms with Crippen molar-refractivity contribution in [1.82, 2.24) is 0 Å². The Morgan fingerprint density at radius 2 is 2.21 bits per heavy atom. The van der Waals surface area contributed by atoms with E-state index < -0.39 is 0 Å². The molecule has 0 saturated heterocycles. The summed E-state index contributed by atoms with van der Waals surface area (Å²) >= 11 is 0. The number of ketones is 1. The molecule has 0 saturated carbocycles. The second kappa shape index (κ2) is 5.63. The highest BCUT2D eigenvalue weighted by Crippen LogP contribution is 2.17. The predicted octanol–water partition coefficient (Wildman–Crippen LogP) is 1.97. The molecule has 0 aliphatic heterocycles. The lowest BCUT2D eigenvalue weighted by atomic mass is 10.0. The normalized spacial score (nSPS) is 11.3. The molecule has 98 valence electrons.